The van der Waals surface area contributed by atoms with Gasteiger partial charge in [0.2, 0.25) is 0 Å². The number of hydrogen-bond acceptors (Lipinski definition) is 5. The van der Waals surface area contributed by atoms with Crippen LogP contribution in [0.25, 0.3) is 0 Å². The van der Waals surface area contributed by atoms with Crippen molar-refractivity contribution in [3.8, 4) is 0 Å². The lowest BCUT2D eigenvalue weighted by molar-refractivity contribution is -0.147. The summed E-state index contributed by atoms with van der Waals surface area (Å²) in [5.41, 5.74) is 0. The predicted octanol–water partition coefficient (Wildman–Crippen LogP) is -0.585. The summed E-state index contributed by atoms with van der Waals surface area (Å²) >= 11 is 0. The summed E-state index contributed by atoms with van der Waals surface area (Å²) in [6.45, 7) is 0.931. The molecule has 8 heteroatoms. The number of nitrogens with one attached hydrogen (secondary N) is 1. The largest absolute Gasteiger partial charge is 0.480 e. The number of methoxy groups -OCH3 is 1. The van der Waals surface area contributed by atoms with Crippen LogP contribution in [0.5, 0.6) is 0 Å². The molecule has 1 aliphatic heterocycles. The molecule has 0 bridgehead atoms. The molecule has 0 aromatic carbocycles. The number of likely N-dealkylation sites (tertiary alicyclic amines) is 1. The van der Waals surface area contributed by atoms with Crippen LogP contribution in [0, 0.1) is 11.8 Å². The number of rotatable bonds is 4. The zero-order valence-corrected chi connectivity index (χ0v) is 11.8. The number of carboxylic acids is 1. The minimum Gasteiger partial charge on any atom is -0.480 e. The minimum absolute atomic E-state index is 0.0691. The third-order valence-corrected chi connectivity index (χ3v) is 4.30. The number of carbonyl (C=O) groups is 3. The van der Waals surface area contributed by atoms with Gasteiger partial charge in [-0.2, -0.15) is 0 Å². The summed E-state index contributed by atoms with van der Waals surface area (Å²) in [6, 6.07) is -1.83. The standard InChI is InChI=1S/C13H20N2O6/c1-21-11(17)4-9(12(18)19)14-13(20)15-5-7-2-3-10(16)8(7)6-15/h7-10,16H,2-6H2,1H3,(H,14,20)(H,18,19)/t7?,8?,9-,10?/m0/s1. The van der Waals surface area contributed by atoms with Crippen LogP contribution in [0.15, 0.2) is 0 Å². The summed E-state index contributed by atoms with van der Waals surface area (Å²) in [5.74, 6) is -1.64. The first-order chi connectivity index (χ1) is 9.92. The molecular formula is C13H20N2O6. The quantitative estimate of drug-likeness (QED) is 0.598. The maximum Gasteiger partial charge on any atom is 0.326 e. The first kappa shape index (κ1) is 15.6. The van der Waals surface area contributed by atoms with E-state index in [1.807, 2.05) is 0 Å². The summed E-state index contributed by atoms with van der Waals surface area (Å²) in [4.78, 5) is 35.8. The number of carboxylic acid groups (broad SMARTS) is 1. The van der Waals surface area contributed by atoms with E-state index >= 15 is 0 Å². The molecule has 0 spiro atoms. The van der Waals surface area contributed by atoms with E-state index in [0.717, 1.165) is 20.0 Å². The summed E-state index contributed by atoms with van der Waals surface area (Å²) < 4.78 is 4.41. The van der Waals surface area contributed by atoms with Crippen molar-refractivity contribution in [2.75, 3.05) is 20.2 Å². The van der Waals surface area contributed by atoms with Crippen molar-refractivity contribution in [1.82, 2.24) is 10.2 Å². The van der Waals surface area contributed by atoms with Crippen molar-refractivity contribution in [3.63, 3.8) is 0 Å². The van der Waals surface area contributed by atoms with Gasteiger partial charge in [0, 0.05) is 19.0 Å². The molecule has 21 heavy (non-hydrogen) atoms. The van der Waals surface area contributed by atoms with E-state index in [2.05, 4.69) is 10.1 Å². The van der Waals surface area contributed by atoms with E-state index in [1.165, 1.54) is 4.90 Å². The Kier molecular flexibility index (Phi) is 4.66. The fraction of sp³-hybridized carbons (Fsp3) is 0.769. The fourth-order valence-electron chi connectivity index (χ4n) is 3.09. The Morgan fingerprint density at radius 1 is 1.33 bits per heavy atom. The normalized spacial score (nSPS) is 28.9. The van der Waals surface area contributed by atoms with Crippen LogP contribution >= 0.6 is 0 Å². The lowest BCUT2D eigenvalue weighted by atomic mass is 10.00. The Morgan fingerprint density at radius 2 is 2.05 bits per heavy atom. The number of amides is 2. The Balaban J connectivity index is 1.91. The lowest BCUT2D eigenvalue weighted by Gasteiger charge is -2.21. The molecule has 0 aromatic heterocycles. The number of ether oxygens (including phenoxy) is 1. The summed E-state index contributed by atoms with van der Waals surface area (Å²) in [6.07, 6.45) is 0.824. The maximum absolute atomic E-state index is 12.1. The van der Waals surface area contributed by atoms with Crippen molar-refractivity contribution in [1.29, 1.82) is 0 Å². The molecule has 1 saturated carbocycles. The van der Waals surface area contributed by atoms with Crippen LogP contribution in [0.4, 0.5) is 4.79 Å². The first-order valence-electron chi connectivity index (χ1n) is 6.95. The fourth-order valence-corrected chi connectivity index (χ4v) is 3.09. The van der Waals surface area contributed by atoms with Crippen LogP contribution < -0.4 is 5.32 Å². The van der Waals surface area contributed by atoms with Crippen molar-refractivity contribution in [2.45, 2.75) is 31.4 Å². The lowest BCUT2D eigenvalue weighted by Crippen LogP contribution is -2.48. The second kappa shape index (κ2) is 6.30. The highest BCUT2D eigenvalue weighted by molar-refractivity contribution is 5.86. The maximum atomic E-state index is 12.1. The monoisotopic (exact) mass is 300 g/mol. The zero-order valence-electron chi connectivity index (χ0n) is 11.8. The molecule has 3 N–H and O–H groups in total. The molecule has 0 aromatic rings. The molecule has 3 unspecified atom stereocenters. The molecular weight excluding hydrogens is 280 g/mol. The molecule has 1 saturated heterocycles. The topological polar surface area (TPSA) is 116 Å². The first-order valence-corrected chi connectivity index (χ1v) is 6.95. The Hall–Kier alpha value is -1.83. The summed E-state index contributed by atoms with van der Waals surface area (Å²) in [7, 11) is 1.16. The van der Waals surface area contributed by atoms with E-state index < -0.39 is 36.5 Å². The second-order valence-corrected chi connectivity index (χ2v) is 5.59. The van der Waals surface area contributed by atoms with Crippen LogP contribution in [-0.4, -0.2) is 65.4 Å². The van der Waals surface area contributed by atoms with Crippen LogP contribution in [-0.2, 0) is 14.3 Å². The molecule has 8 nitrogen and oxygen atoms in total. The van der Waals surface area contributed by atoms with Crippen LogP contribution in [0.2, 0.25) is 0 Å². The average Bonchev–Trinajstić information content (AvgIpc) is 3.00. The number of aliphatic hydroxyl groups is 1. The zero-order chi connectivity index (χ0) is 15.6. The average molecular weight is 300 g/mol. The van der Waals surface area contributed by atoms with E-state index in [9.17, 15) is 19.5 Å². The van der Waals surface area contributed by atoms with Crippen molar-refractivity contribution < 1.29 is 29.3 Å². The molecule has 4 atom stereocenters. The third kappa shape index (κ3) is 3.44. The SMILES string of the molecule is COC(=O)C[C@H](NC(=O)N1CC2CCC(O)C2C1)C(=O)O. The molecule has 0 radical (unpaired) electrons. The molecule has 2 aliphatic rings. The van der Waals surface area contributed by atoms with Crippen molar-refractivity contribution in [2.24, 2.45) is 11.8 Å². The van der Waals surface area contributed by atoms with Gasteiger partial charge in [-0.25, -0.2) is 9.59 Å². The van der Waals surface area contributed by atoms with Crippen LogP contribution in [0.3, 0.4) is 0 Å². The number of aliphatic carboxylic acids is 1. The van der Waals surface area contributed by atoms with Crippen LogP contribution in [0.1, 0.15) is 19.3 Å². The van der Waals surface area contributed by atoms with Gasteiger partial charge >= 0.3 is 18.0 Å². The highest BCUT2D eigenvalue weighted by Crippen LogP contribution is 2.37. The Bertz CT molecular complexity index is 440. The molecule has 1 heterocycles. The van der Waals surface area contributed by atoms with Crippen molar-refractivity contribution >= 4 is 18.0 Å². The Morgan fingerprint density at radius 3 is 2.62 bits per heavy atom. The highest BCUT2D eigenvalue weighted by Gasteiger charge is 2.43. The number of esters is 1. The van der Waals surface area contributed by atoms with E-state index in [0.29, 0.717) is 13.1 Å². The van der Waals surface area contributed by atoms with Gasteiger partial charge in [-0.05, 0) is 18.8 Å². The van der Waals surface area contributed by atoms with Gasteiger partial charge in [0.05, 0.1) is 19.6 Å². The van der Waals surface area contributed by atoms with E-state index in [-0.39, 0.29) is 11.8 Å². The van der Waals surface area contributed by atoms with Gasteiger partial charge in [0.15, 0.2) is 0 Å². The molecule has 2 fully saturated rings. The van der Waals surface area contributed by atoms with E-state index in [4.69, 9.17) is 5.11 Å². The van der Waals surface area contributed by atoms with Gasteiger partial charge < -0.3 is 25.2 Å². The number of hydrogen-bond donors (Lipinski definition) is 3. The minimum atomic E-state index is -1.31. The number of urea groups is 1. The van der Waals surface area contributed by atoms with Gasteiger partial charge in [-0.15, -0.1) is 0 Å². The molecule has 2 amide bonds. The number of nitrogens with zero attached hydrogens (tertiary/aromatic N) is 1. The van der Waals surface area contributed by atoms with Crippen molar-refractivity contribution in [3.05, 3.63) is 0 Å². The Labute approximate surface area is 122 Å². The van der Waals surface area contributed by atoms with Gasteiger partial charge in [0.25, 0.3) is 0 Å². The summed E-state index contributed by atoms with van der Waals surface area (Å²) in [5, 5.41) is 21.2. The number of fused-ring (bicyclic) bond motifs is 1. The smallest absolute Gasteiger partial charge is 0.326 e. The van der Waals surface area contributed by atoms with Gasteiger partial charge in [0.1, 0.15) is 6.04 Å². The third-order valence-electron chi connectivity index (χ3n) is 4.30. The van der Waals surface area contributed by atoms with Gasteiger partial charge in [-0.3, -0.25) is 4.79 Å². The molecule has 1 aliphatic carbocycles. The highest BCUT2D eigenvalue weighted by atomic mass is 16.5. The molecule has 118 valence electrons. The number of carbonyl (C=O) groups excluding carboxylic acids is 2. The van der Waals surface area contributed by atoms with E-state index in [1.54, 1.807) is 0 Å². The number of aliphatic hydroxyl groups excluding tert-OH is 1. The van der Waals surface area contributed by atoms with Gasteiger partial charge in [-0.1, -0.05) is 0 Å². The second-order valence-electron chi connectivity index (χ2n) is 5.59. The predicted molar refractivity (Wildman–Crippen MR) is 70.4 cm³/mol. The molecule has 2 rings (SSSR count).